The van der Waals surface area contributed by atoms with Gasteiger partial charge in [0.2, 0.25) is 0 Å². The summed E-state index contributed by atoms with van der Waals surface area (Å²) < 4.78 is 0. The van der Waals surface area contributed by atoms with E-state index in [-0.39, 0.29) is 0 Å². The largest absolute Gasteiger partial charge is 0.335 e. The molecule has 0 saturated carbocycles. The molecular formula is C8H16NO. The number of nitrogens with zero attached hydrogens (tertiary/aromatic N) is 1. The van der Waals surface area contributed by atoms with Gasteiger partial charge in [0.1, 0.15) is 0 Å². The van der Waals surface area contributed by atoms with Crippen LogP contribution in [-0.2, 0) is 4.79 Å². The Balaban J connectivity index is 3.60. The highest BCUT2D eigenvalue weighted by molar-refractivity contribution is 5.47. The van der Waals surface area contributed by atoms with Crippen LogP contribution in [0.15, 0.2) is 0 Å². The number of hydrogen-bond donors (Lipinski definition) is 0. The van der Waals surface area contributed by atoms with Crippen molar-refractivity contribution < 1.29 is 4.79 Å². The smallest absolute Gasteiger partial charge is 0.312 e. The van der Waals surface area contributed by atoms with Crippen molar-refractivity contribution in [3.8, 4) is 0 Å². The van der Waals surface area contributed by atoms with Gasteiger partial charge < -0.3 is 4.90 Å². The van der Waals surface area contributed by atoms with E-state index in [1.165, 1.54) is 0 Å². The van der Waals surface area contributed by atoms with Crippen molar-refractivity contribution in [2.75, 3.05) is 7.05 Å². The molecule has 1 unspecified atom stereocenters. The van der Waals surface area contributed by atoms with Gasteiger partial charge in [0.25, 0.3) is 0 Å². The molecule has 0 aromatic rings. The lowest BCUT2D eigenvalue weighted by molar-refractivity contribution is 0.315. The number of carbonyl (C=O) groups excluding carboxylic acids is 1. The SMILES string of the molecule is CC(C)CC(C)N(C)[C]=O. The van der Waals surface area contributed by atoms with Gasteiger partial charge in [0.15, 0.2) is 0 Å². The van der Waals surface area contributed by atoms with E-state index in [0.29, 0.717) is 12.0 Å². The van der Waals surface area contributed by atoms with Gasteiger partial charge >= 0.3 is 6.41 Å². The summed E-state index contributed by atoms with van der Waals surface area (Å²) in [7, 11) is 1.76. The van der Waals surface area contributed by atoms with Crippen LogP contribution in [-0.4, -0.2) is 24.4 Å². The summed E-state index contributed by atoms with van der Waals surface area (Å²) in [5.74, 6) is 0.644. The second-order valence-corrected chi connectivity index (χ2v) is 3.18. The number of hydrogen-bond acceptors (Lipinski definition) is 1. The van der Waals surface area contributed by atoms with Crippen LogP contribution in [0.2, 0.25) is 0 Å². The lowest BCUT2D eigenvalue weighted by Crippen LogP contribution is -2.28. The molecule has 0 N–H and O–H groups in total. The highest BCUT2D eigenvalue weighted by Gasteiger charge is 2.08. The molecule has 0 bridgehead atoms. The zero-order valence-electron chi connectivity index (χ0n) is 7.22. The molecule has 1 amide bonds. The van der Waals surface area contributed by atoms with Gasteiger partial charge in [-0.05, 0) is 19.3 Å². The third kappa shape index (κ3) is 3.49. The van der Waals surface area contributed by atoms with Crippen molar-refractivity contribution in [1.82, 2.24) is 4.90 Å². The minimum Gasteiger partial charge on any atom is -0.335 e. The van der Waals surface area contributed by atoms with Crippen LogP contribution in [0, 0.1) is 5.92 Å². The fraction of sp³-hybridized carbons (Fsp3) is 0.875. The highest BCUT2D eigenvalue weighted by Crippen LogP contribution is 2.07. The summed E-state index contributed by atoms with van der Waals surface area (Å²) in [4.78, 5) is 11.7. The van der Waals surface area contributed by atoms with Crippen molar-refractivity contribution in [2.45, 2.75) is 33.2 Å². The molecular weight excluding hydrogens is 126 g/mol. The van der Waals surface area contributed by atoms with Crippen molar-refractivity contribution in [2.24, 2.45) is 5.92 Å². The molecule has 0 aliphatic heterocycles. The number of rotatable bonds is 4. The molecule has 0 aliphatic carbocycles. The lowest BCUT2D eigenvalue weighted by atomic mass is 10.1. The molecule has 10 heavy (non-hydrogen) atoms. The van der Waals surface area contributed by atoms with E-state index in [1.54, 1.807) is 11.9 Å². The van der Waals surface area contributed by atoms with Crippen LogP contribution < -0.4 is 0 Å². The first-order valence-corrected chi connectivity index (χ1v) is 3.68. The van der Waals surface area contributed by atoms with E-state index in [0.717, 1.165) is 6.42 Å². The van der Waals surface area contributed by atoms with Gasteiger partial charge in [-0.15, -0.1) is 0 Å². The maximum absolute atomic E-state index is 10.1. The molecule has 59 valence electrons. The molecule has 0 heterocycles. The summed E-state index contributed by atoms with van der Waals surface area (Å²) in [5, 5.41) is 0. The Labute approximate surface area is 63.2 Å². The van der Waals surface area contributed by atoms with Crippen molar-refractivity contribution >= 4 is 6.41 Å². The Bertz CT molecular complexity index is 101. The van der Waals surface area contributed by atoms with Crippen molar-refractivity contribution in [3.63, 3.8) is 0 Å². The van der Waals surface area contributed by atoms with Crippen LogP contribution in [0.4, 0.5) is 0 Å². The summed E-state index contributed by atoms with van der Waals surface area (Å²) >= 11 is 0. The molecule has 0 aromatic heterocycles. The van der Waals surface area contributed by atoms with E-state index in [2.05, 4.69) is 13.8 Å². The summed E-state index contributed by atoms with van der Waals surface area (Å²) in [6.07, 6.45) is 2.90. The summed E-state index contributed by atoms with van der Waals surface area (Å²) in [6.45, 7) is 6.33. The first-order chi connectivity index (χ1) is 4.57. The van der Waals surface area contributed by atoms with Crippen molar-refractivity contribution in [3.05, 3.63) is 0 Å². The summed E-state index contributed by atoms with van der Waals surface area (Å²) in [6, 6.07) is 0.317. The average molecular weight is 142 g/mol. The molecule has 2 heteroatoms. The standard InChI is InChI=1S/C8H16NO/c1-7(2)5-8(3)9(4)6-10/h7-8H,5H2,1-4H3. The van der Waals surface area contributed by atoms with Crippen LogP contribution in [0.5, 0.6) is 0 Å². The Hall–Kier alpha value is -0.530. The third-order valence-electron chi connectivity index (χ3n) is 1.62. The van der Waals surface area contributed by atoms with Crippen LogP contribution in [0.3, 0.4) is 0 Å². The van der Waals surface area contributed by atoms with E-state index in [1.807, 2.05) is 13.3 Å². The summed E-state index contributed by atoms with van der Waals surface area (Å²) in [5.41, 5.74) is 0. The monoisotopic (exact) mass is 142 g/mol. The Morgan fingerprint density at radius 3 is 2.20 bits per heavy atom. The van der Waals surface area contributed by atoms with Gasteiger partial charge in [0.05, 0.1) is 0 Å². The van der Waals surface area contributed by atoms with Crippen LogP contribution >= 0.6 is 0 Å². The zero-order chi connectivity index (χ0) is 8.15. The zero-order valence-corrected chi connectivity index (χ0v) is 7.22. The molecule has 0 aliphatic rings. The van der Waals surface area contributed by atoms with Gasteiger partial charge in [-0.2, -0.15) is 0 Å². The Morgan fingerprint density at radius 2 is 1.90 bits per heavy atom. The van der Waals surface area contributed by atoms with E-state index >= 15 is 0 Å². The van der Waals surface area contributed by atoms with E-state index < -0.39 is 0 Å². The minimum absolute atomic E-state index is 0.317. The lowest BCUT2D eigenvalue weighted by Gasteiger charge is -2.20. The molecule has 1 atom stereocenters. The predicted molar refractivity (Wildman–Crippen MR) is 42.4 cm³/mol. The normalized spacial score (nSPS) is 13.3. The fourth-order valence-electron chi connectivity index (χ4n) is 0.930. The van der Waals surface area contributed by atoms with E-state index in [9.17, 15) is 4.79 Å². The van der Waals surface area contributed by atoms with Crippen LogP contribution in [0.25, 0.3) is 0 Å². The Morgan fingerprint density at radius 1 is 1.40 bits per heavy atom. The van der Waals surface area contributed by atoms with Crippen molar-refractivity contribution in [1.29, 1.82) is 0 Å². The van der Waals surface area contributed by atoms with Gasteiger partial charge in [-0.3, -0.25) is 4.79 Å². The quantitative estimate of drug-likeness (QED) is 0.544. The average Bonchev–Trinajstić information content (AvgIpc) is 1.85. The first-order valence-electron chi connectivity index (χ1n) is 3.68. The molecule has 2 nitrogen and oxygen atoms in total. The van der Waals surface area contributed by atoms with Gasteiger partial charge in [-0.25, -0.2) is 0 Å². The maximum Gasteiger partial charge on any atom is 0.312 e. The van der Waals surface area contributed by atoms with E-state index in [4.69, 9.17) is 0 Å². The molecule has 0 aromatic carbocycles. The minimum atomic E-state index is 0.317. The second kappa shape index (κ2) is 4.31. The third-order valence-corrected chi connectivity index (χ3v) is 1.62. The predicted octanol–water partition coefficient (Wildman–Crippen LogP) is 1.42. The maximum atomic E-state index is 10.1. The molecule has 0 rings (SSSR count). The van der Waals surface area contributed by atoms with Gasteiger partial charge in [0, 0.05) is 13.1 Å². The topological polar surface area (TPSA) is 20.3 Å². The second-order valence-electron chi connectivity index (χ2n) is 3.18. The highest BCUT2D eigenvalue weighted by atomic mass is 16.1. The first kappa shape index (κ1) is 9.47. The molecule has 1 radical (unpaired) electrons. The molecule has 0 spiro atoms. The Kier molecular flexibility index (Phi) is 4.08. The van der Waals surface area contributed by atoms with Crippen LogP contribution in [0.1, 0.15) is 27.2 Å². The van der Waals surface area contributed by atoms with Gasteiger partial charge in [-0.1, -0.05) is 13.8 Å². The molecule has 0 saturated heterocycles. The number of amides is 1. The molecule has 0 fully saturated rings. The fourth-order valence-corrected chi connectivity index (χ4v) is 0.930.